The lowest BCUT2D eigenvalue weighted by Crippen LogP contribution is -2.15. The normalized spacial score (nSPS) is 14.6. The van der Waals surface area contributed by atoms with Gasteiger partial charge in [-0.15, -0.1) is 0 Å². The minimum absolute atomic E-state index is 0.595. The summed E-state index contributed by atoms with van der Waals surface area (Å²) in [7, 11) is 0. The second-order valence-corrected chi connectivity index (χ2v) is 5.50. The highest BCUT2D eigenvalue weighted by molar-refractivity contribution is 6.31. The summed E-state index contributed by atoms with van der Waals surface area (Å²) in [5, 5.41) is 4.08. The molecule has 0 radical (unpaired) electrons. The Balaban J connectivity index is 1.88. The number of halogens is 3. The lowest BCUT2D eigenvalue weighted by atomic mass is 10.0. The van der Waals surface area contributed by atoms with Crippen LogP contribution < -0.4 is 5.32 Å². The molecule has 0 saturated heterocycles. The van der Waals surface area contributed by atoms with Crippen molar-refractivity contribution in [2.45, 2.75) is 25.4 Å². The van der Waals surface area contributed by atoms with Gasteiger partial charge >= 0.3 is 0 Å². The molecule has 0 atom stereocenters. The van der Waals surface area contributed by atoms with Crippen LogP contribution in [0.1, 0.15) is 18.4 Å². The molecule has 0 aromatic heterocycles. The number of hydrogen-bond donors (Lipinski definition) is 1. The predicted octanol–water partition coefficient (Wildman–Crippen LogP) is 4.54. The van der Waals surface area contributed by atoms with Crippen LogP contribution in [0.4, 0.5) is 8.78 Å². The SMILES string of the molecule is Fc1ccc(-c2ccc(Cl)c(CNC3CC3)c2)cc1F. The van der Waals surface area contributed by atoms with Crippen LogP contribution in [0.25, 0.3) is 11.1 Å². The topological polar surface area (TPSA) is 12.0 Å². The number of nitrogens with one attached hydrogen (secondary N) is 1. The second-order valence-electron chi connectivity index (χ2n) is 5.09. The van der Waals surface area contributed by atoms with E-state index >= 15 is 0 Å². The molecule has 2 aromatic rings. The Labute approximate surface area is 121 Å². The molecule has 0 spiro atoms. The van der Waals surface area contributed by atoms with Crippen LogP contribution in [-0.4, -0.2) is 6.04 Å². The molecular weight excluding hydrogens is 280 g/mol. The van der Waals surface area contributed by atoms with E-state index in [-0.39, 0.29) is 0 Å². The first-order valence-electron chi connectivity index (χ1n) is 6.61. The molecule has 20 heavy (non-hydrogen) atoms. The number of benzene rings is 2. The first-order chi connectivity index (χ1) is 9.63. The smallest absolute Gasteiger partial charge is 0.159 e. The standard InChI is InChI=1S/C16H14ClF2N/c17-14-5-1-10(7-12(14)9-20-13-3-4-13)11-2-6-15(18)16(19)8-11/h1-2,5-8,13,20H,3-4,9H2. The summed E-state index contributed by atoms with van der Waals surface area (Å²) >= 11 is 6.17. The molecule has 1 aliphatic carbocycles. The van der Waals surface area contributed by atoms with Crippen LogP contribution in [0.15, 0.2) is 36.4 Å². The molecule has 1 aliphatic rings. The van der Waals surface area contributed by atoms with Crippen molar-refractivity contribution in [1.82, 2.24) is 5.32 Å². The number of hydrogen-bond acceptors (Lipinski definition) is 1. The molecule has 4 heteroatoms. The minimum atomic E-state index is -0.838. The lowest BCUT2D eigenvalue weighted by Gasteiger charge is -2.09. The Bertz CT molecular complexity index is 638. The summed E-state index contributed by atoms with van der Waals surface area (Å²) in [6.45, 7) is 0.695. The molecular formula is C16H14ClF2N. The maximum absolute atomic E-state index is 13.3. The fourth-order valence-corrected chi connectivity index (χ4v) is 2.29. The highest BCUT2D eigenvalue weighted by Crippen LogP contribution is 2.27. The first kappa shape index (κ1) is 13.5. The molecule has 2 aromatic carbocycles. The van der Waals surface area contributed by atoms with E-state index in [1.54, 1.807) is 12.1 Å². The van der Waals surface area contributed by atoms with E-state index in [0.717, 1.165) is 17.2 Å². The first-order valence-corrected chi connectivity index (χ1v) is 6.98. The van der Waals surface area contributed by atoms with E-state index in [1.165, 1.54) is 18.9 Å². The summed E-state index contributed by atoms with van der Waals surface area (Å²) in [6.07, 6.45) is 2.42. The minimum Gasteiger partial charge on any atom is -0.310 e. The van der Waals surface area contributed by atoms with Gasteiger partial charge in [0.1, 0.15) is 0 Å². The Kier molecular flexibility index (Phi) is 3.72. The molecule has 1 saturated carbocycles. The third-order valence-corrected chi connectivity index (χ3v) is 3.83. The average Bonchev–Trinajstić information content (AvgIpc) is 3.25. The molecule has 0 aliphatic heterocycles. The van der Waals surface area contributed by atoms with Crippen LogP contribution >= 0.6 is 11.6 Å². The van der Waals surface area contributed by atoms with Crippen molar-refractivity contribution in [1.29, 1.82) is 0 Å². The molecule has 0 bridgehead atoms. The van der Waals surface area contributed by atoms with Crippen molar-refractivity contribution >= 4 is 11.6 Å². The van der Waals surface area contributed by atoms with Crippen molar-refractivity contribution in [2.24, 2.45) is 0 Å². The van der Waals surface area contributed by atoms with Gasteiger partial charge in [-0.25, -0.2) is 8.78 Å². The van der Waals surface area contributed by atoms with Gasteiger partial charge in [0.05, 0.1) is 0 Å². The van der Waals surface area contributed by atoms with Gasteiger partial charge in [-0.1, -0.05) is 23.7 Å². The molecule has 0 amide bonds. The van der Waals surface area contributed by atoms with Gasteiger partial charge < -0.3 is 5.32 Å². The average molecular weight is 294 g/mol. The monoisotopic (exact) mass is 293 g/mol. The third-order valence-electron chi connectivity index (χ3n) is 3.46. The fourth-order valence-electron chi connectivity index (χ4n) is 2.11. The van der Waals surface area contributed by atoms with E-state index in [4.69, 9.17) is 11.6 Å². The second kappa shape index (κ2) is 5.51. The maximum atomic E-state index is 13.3. The van der Waals surface area contributed by atoms with Gasteiger partial charge in [-0.2, -0.15) is 0 Å². The molecule has 1 fully saturated rings. The Morgan fingerprint density at radius 1 is 1.00 bits per heavy atom. The van der Waals surface area contributed by atoms with Gasteiger partial charge in [0, 0.05) is 17.6 Å². The largest absolute Gasteiger partial charge is 0.310 e. The summed E-state index contributed by atoms with van der Waals surface area (Å²) in [5.41, 5.74) is 2.45. The van der Waals surface area contributed by atoms with Crippen LogP contribution in [-0.2, 0) is 6.54 Å². The number of rotatable bonds is 4. The predicted molar refractivity (Wildman–Crippen MR) is 76.7 cm³/mol. The quantitative estimate of drug-likeness (QED) is 0.873. The zero-order valence-corrected chi connectivity index (χ0v) is 11.6. The Morgan fingerprint density at radius 3 is 2.40 bits per heavy atom. The van der Waals surface area contributed by atoms with Crippen molar-refractivity contribution in [2.75, 3.05) is 0 Å². The highest BCUT2D eigenvalue weighted by Gasteiger charge is 2.20. The van der Waals surface area contributed by atoms with Crippen LogP contribution in [0.5, 0.6) is 0 Å². The van der Waals surface area contributed by atoms with Gasteiger partial charge in [-0.3, -0.25) is 0 Å². The van der Waals surface area contributed by atoms with E-state index in [1.807, 2.05) is 12.1 Å². The molecule has 104 valence electrons. The van der Waals surface area contributed by atoms with Crippen molar-refractivity contribution in [3.8, 4) is 11.1 Å². The summed E-state index contributed by atoms with van der Waals surface area (Å²) in [5.74, 6) is -1.67. The Morgan fingerprint density at radius 2 is 1.70 bits per heavy atom. The van der Waals surface area contributed by atoms with Crippen molar-refractivity contribution < 1.29 is 8.78 Å². The van der Waals surface area contributed by atoms with E-state index in [2.05, 4.69) is 5.32 Å². The molecule has 0 heterocycles. The van der Waals surface area contributed by atoms with Crippen LogP contribution in [0.3, 0.4) is 0 Å². The zero-order valence-electron chi connectivity index (χ0n) is 10.8. The molecule has 1 N–H and O–H groups in total. The van der Waals surface area contributed by atoms with Gasteiger partial charge in [-0.05, 0) is 53.8 Å². The zero-order chi connectivity index (χ0) is 14.1. The van der Waals surface area contributed by atoms with Gasteiger partial charge in [0.25, 0.3) is 0 Å². The van der Waals surface area contributed by atoms with E-state index in [9.17, 15) is 8.78 Å². The van der Waals surface area contributed by atoms with Gasteiger partial charge in [0.2, 0.25) is 0 Å². The van der Waals surface area contributed by atoms with Crippen molar-refractivity contribution in [3.63, 3.8) is 0 Å². The van der Waals surface area contributed by atoms with Crippen LogP contribution in [0, 0.1) is 11.6 Å². The summed E-state index contributed by atoms with van der Waals surface area (Å²) in [4.78, 5) is 0. The molecule has 1 nitrogen and oxygen atoms in total. The van der Waals surface area contributed by atoms with E-state index in [0.29, 0.717) is 23.2 Å². The molecule has 0 unspecified atom stereocenters. The third kappa shape index (κ3) is 3.00. The lowest BCUT2D eigenvalue weighted by molar-refractivity contribution is 0.509. The molecule has 3 rings (SSSR count). The van der Waals surface area contributed by atoms with Crippen LogP contribution in [0.2, 0.25) is 5.02 Å². The van der Waals surface area contributed by atoms with Crippen molar-refractivity contribution in [3.05, 3.63) is 58.6 Å². The highest BCUT2D eigenvalue weighted by atomic mass is 35.5. The Hall–Kier alpha value is -1.45. The summed E-state index contributed by atoms with van der Waals surface area (Å²) in [6, 6.07) is 10.0. The van der Waals surface area contributed by atoms with Gasteiger partial charge in [0.15, 0.2) is 11.6 Å². The maximum Gasteiger partial charge on any atom is 0.159 e. The summed E-state index contributed by atoms with van der Waals surface area (Å²) < 4.78 is 26.3. The van der Waals surface area contributed by atoms with E-state index < -0.39 is 11.6 Å². The fraction of sp³-hybridized carbons (Fsp3) is 0.250.